The van der Waals surface area contributed by atoms with Gasteiger partial charge in [-0.15, -0.1) is 0 Å². The molecule has 2 N–H and O–H groups in total. The summed E-state index contributed by atoms with van der Waals surface area (Å²) in [7, 11) is 1.68. The second-order valence-electron chi connectivity index (χ2n) is 4.26. The smallest absolute Gasteiger partial charge is 0.410 e. The molecule has 1 aromatic carbocycles. The average Bonchev–Trinajstić information content (AvgIpc) is 2.29. The molecule has 88 valence electrons. The summed E-state index contributed by atoms with van der Waals surface area (Å²) in [6, 6.07) is 8.97. The van der Waals surface area contributed by atoms with Crippen LogP contribution in [0.25, 0.3) is 0 Å². The largest absolute Gasteiger partial charge is 0.415 e. The molecule has 0 saturated carbocycles. The predicted molar refractivity (Wildman–Crippen MR) is 63.4 cm³/mol. The maximum absolute atomic E-state index is 11.8. The highest BCUT2D eigenvalue weighted by atomic mass is 16.6. The first-order chi connectivity index (χ1) is 7.47. The zero-order valence-corrected chi connectivity index (χ0v) is 9.93. The zero-order valence-electron chi connectivity index (χ0n) is 9.93. The Morgan fingerprint density at radius 2 is 1.94 bits per heavy atom. The Morgan fingerprint density at radius 3 is 2.44 bits per heavy atom. The monoisotopic (exact) mass is 222 g/mol. The van der Waals surface area contributed by atoms with Gasteiger partial charge in [0.05, 0.1) is 5.54 Å². The number of amides is 1. The van der Waals surface area contributed by atoms with Crippen molar-refractivity contribution in [3.63, 3.8) is 0 Å². The molecule has 1 rings (SSSR count). The van der Waals surface area contributed by atoms with Gasteiger partial charge in [-0.1, -0.05) is 18.2 Å². The number of benzene rings is 1. The van der Waals surface area contributed by atoms with Gasteiger partial charge in [-0.25, -0.2) is 4.79 Å². The molecule has 0 spiro atoms. The van der Waals surface area contributed by atoms with E-state index in [1.165, 1.54) is 4.90 Å². The summed E-state index contributed by atoms with van der Waals surface area (Å²) >= 11 is 0. The van der Waals surface area contributed by atoms with Gasteiger partial charge < -0.3 is 15.4 Å². The maximum atomic E-state index is 11.8. The molecule has 0 aliphatic heterocycles. The SMILES string of the molecule is CN(C(=O)Oc1ccccc1)C(C)(C)CN. The molecule has 0 saturated heterocycles. The molecule has 0 aromatic heterocycles. The van der Waals surface area contributed by atoms with Crippen LogP contribution in [0, 0.1) is 0 Å². The maximum Gasteiger partial charge on any atom is 0.415 e. The van der Waals surface area contributed by atoms with Gasteiger partial charge in [0.15, 0.2) is 0 Å². The third kappa shape index (κ3) is 2.97. The molecule has 0 unspecified atom stereocenters. The van der Waals surface area contributed by atoms with Crippen molar-refractivity contribution in [1.29, 1.82) is 0 Å². The molecule has 0 bridgehead atoms. The molecule has 1 aromatic rings. The lowest BCUT2D eigenvalue weighted by Crippen LogP contribution is -2.50. The quantitative estimate of drug-likeness (QED) is 0.849. The Bertz CT molecular complexity index is 349. The van der Waals surface area contributed by atoms with Crippen molar-refractivity contribution in [2.75, 3.05) is 13.6 Å². The van der Waals surface area contributed by atoms with E-state index in [0.29, 0.717) is 12.3 Å². The van der Waals surface area contributed by atoms with E-state index in [4.69, 9.17) is 10.5 Å². The average molecular weight is 222 g/mol. The number of carbonyl (C=O) groups excluding carboxylic acids is 1. The Labute approximate surface area is 96.0 Å². The van der Waals surface area contributed by atoms with Crippen LogP contribution in [0.2, 0.25) is 0 Å². The number of nitrogens with zero attached hydrogens (tertiary/aromatic N) is 1. The topological polar surface area (TPSA) is 55.6 Å². The second-order valence-corrected chi connectivity index (χ2v) is 4.26. The third-order valence-corrected chi connectivity index (χ3v) is 2.63. The fourth-order valence-corrected chi connectivity index (χ4v) is 1.04. The van der Waals surface area contributed by atoms with E-state index in [1.54, 1.807) is 19.2 Å². The summed E-state index contributed by atoms with van der Waals surface area (Å²) in [5.74, 6) is 0.534. The zero-order chi connectivity index (χ0) is 12.2. The molecule has 4 nitrogen and oxygen atoms in total. The molecule has 0 fully saturated rings. The molecular formula is C12H18N2O2. The van der Waals surface area contributed by atoms with Crippen LogP contribution < -0.4 is 10.5 Å². The summed E-state index contributed by atoms with van der Waals surface area (Å²) in [4.78, 5) is 13.3. The van der Waals surface area contributed by atoms with E-state index < -0.39 is 11.6 Å². The highest BCUT2D eigenvalue weighted by Crippen LogP contribution is 2.15. The van der Waals surface area contributed by atoms with E-state index in [2.05, 4.69) is 0 Å². The summed E-state index contributed by atoms with van der Waals surface area (Å²) in [5.41, 5.74) is 5.18. The van der Waals surface area contributed by atoms with Crippen molar-refractivity contribution in [3.8, 4) is 5.75 Å². The Kier molecular flexibility index (Phi) is 3.90. The Hall–Kier alpha value is -1.55. The minimum Gasteiger partial charge on any atom is -0.410 e. The fourth-order valence-electron chi connectivity index (χ4n) is 1.04. The van der Waals surface area contributed by atoms with Crippen LogP contribution in [0.4, 0.5) is 4.79 Å². The summed E-state index contributed by atoms with van der Waals surface area (Å²) in [6.45, 7) is 4.16. The molecule has 4 heteroatoms. The number of ether oxygens (including phenoxy) is 1. The van der Waals surface area contributed by atoms with E-state index in [-0.39, 0.29) is 0 Å². The van der Waals surface area contributed by atoms with Gasteiger partial charge in [0.1, 0.15) is 5.75 Å². The van der Waals surface area contributed by atoms with E-state index >= 15 is 0 Å². The third-order valence-electron chi connectivity index (χ3n) is 2.63. The van der Waals surface area contributed by atoms with Gasteiger partial charge in [0, 0.05) is 13.6 Å². The van der Waals surface area contributed by atoms with Crippen LogP contribution in [0.3, 0.4) is 0 Å². The lowest BCUT2D eigenvalue weighted by atomic mass is 10.1. The summed E-state index contributed by atoms with van der Waals surface area (Å²) in [6.07, 6.45) is -0.401. The molecule has 1 amide bonds. The van der Waals surface area contributed by atoms with Crippen LogP contribution >= 0.6 is 0 Å². The molecular weight excluding hydrogens is 204 g/mol. The van der Waals surface area contributed by atoms with Gasteiger partial charge in [-0.2, -0.15) is 0 Å². The van der Waals surface area contributed by atoms with Gasteiger partial charge in [0.2, 0.25) is 0 Å². The highest BCUT2D eigenvalue weighted by Gasteiger charge is 2.27. The minimum absolute atomic E-state index is 0.382. The van der Waals surface area contributed by atoms with Crippen molar-refractivity contribution < 1.29 is 9.53 Å². The standard InChI is InChI=1S/C12H18N2O2/c1-12(2,9-13)14(3)11(15)16-10-7-5-4-6-8-10/h4-8H,9,13H2,1-3H3. The van der Waals surface area contributed by atoms with Crippen molar-refractivity contribution in [2.24, 2.45) is 5.73 Å². The lowest BCUT2D eigenvalue weighted by molar-refractivity contribution is 0.120. The molecule has 0 aliphatic rings. The van der Waals surface area contributed by atoms with Gasteiger partial charge >= 0.3 is 6.09 Å². The summed E-state index contributed by atoms with van der Waals surface area (Å²) in [5, 5.41) is 0. The molecule has 16 heavy (non-hydrogen) atoms. The summed E-state index contributed by atoms with van der Waals surface area (Å²) < 4.78 is 5.20. The lowest BCUT2D eigenvalue weighted by Gasteiger charge is -2.33. The molecule has 0 aliphatic carbocycles. The van der Waals surface area contributed by atoms with Crippen LogP contribution in [0.15, 0.2) is 30.3 Å². The van der Waals surface area contributed by atoms with E-state index in [1.807, 2.05) is 32.0 Å². The Morgan fingerprint density at radius 1 is 1.38 bits per heavy atom. The molecule has 0 radical (unpaired) electrons. The van der Waals surface area contributed by atoms with Crippen molar-refractivity contribution >= 4 is 6.09 Å². The number of rotatable bonds is 3. The first-order valence-electron chi connectivity index (χ1n) is 5.18. The highest BCUT2D eigenvalue weighted by molar-refractivity contribution is 5.71. The number of nitrogens with two attached hydrogens (primary N) is 1. The van der Waals surface area contributed by atoms with Crippen LogP contribution in [0.5, 0.6) is 5.75 Å². The first kappa shape index (κ1) is 12.5. The second kappa shape index (κ2) is 4.99. The van der Waals surface area contributed by atoms with E-state index in [9.17, 15) is 4.79 Å². The normalized spacial score (nSPS) is 11.0. The van der Waals surface area contributed by atoms with E-state index in [0.717, 1.165) is 0 Å². The molecule has 0 atom stereocenters. The Balaban J connectivity index is 2.66. The predicted octanol–water partition coefficient (Wildman–Crippen LogP) is 1.85. The van der Waals surface area contributed by atoms with Gasteiger partial charge in [-0.05, 0) is 26.0 Å². The minimum atomic E-state index is -0.411. The van der Waals surface area contributed by atoms with Crippen molar-refractivity contribution in [2.45, 2.75) is 19.4 Å². The van der Waals surface area contributed by atoms with Crippen LogP contribution in [-0.4, -0.2) is 30.1 Å². The number of likely N-dealkylation sites (N-methyl/N-ethyl adjacent to an activating group) is 1. The van der Waals surface area contributed by atoms with Crippen molar-refractivity contribution in [3.05, 3.63) is 30.3 Å². The van der Waals surface area contributed by atoms with Gasteiger partial charge in [0.25, 0.3) is 0 Å². The number of carbonyl (C=O) groups is 1. The fraction of sp³-hybridized carbons (Fsp3) is 0.417. The molecule has 0 heterocycles. The van der Waals surface area contributed by atoms with Gasteiger partial charge in [-0.3, -0.25) is 0 Å². The van der Waals surface area contributed by atoms with Crippen LogP contribution in [0.1, 0.15) is 13.8 Å². The first-order valence-corrected chi connectivity index (χ1v) is 5.18. The van der Waals surface area contributed by atoms with Crippen molar-refractivity contribution in [1.82, 2.24) is 4.90 Å². The number of hydrogen-bond acceptors (Lipinski definition) is 3. The number of para-hydroxylation sites is 1. The van der Waals surface area contributed by atoms with Crippen LogP contribution in [-0.2, 0) is 0 Å². The number of hydrogen-bond donors (Lipinski definition) is 1.